The van der Waals surface area contributed by atoms with Gasteiger partial charge in [0.05, 0.1) is 5.02 Å². The minimum absolute atomic E-state index is 0.367. The summed E-state index contributed by atoms with van der Waals surface area (Å²) in [6, 6.07) is 2.67. The summed E-state index contributed by atoms with van der Waals surface area (Å²) in [5.41, 5.74) is 5.86. The van der Waals surface area contributed by atoms with Gasteiger partial charge in [0.1, 0.15) is 5.82 Å². The Balaban J connectivity index is 1.98. The first-order chi connectivity index (χ1) is 7.65. The van der Waals surface area contributed by atoms with Crippen LogP contribution in [0.5, 0.6) is 0 Å². The fourth-order valence-corrected chi connectivity index (χ4v) is 2.66. The number of nitrogens with zero attached hydrogens (tertiary/aromatic N) is 1. The Morgan fingerprint density at radius 2 is 2.06 bits per heavy atom. The summed E-state index contributed by atoms with van der Waals surface area (Å²) in [6.45, 7) is 0. The van der Waals surface area contributed by atoms with E-state index < -0.39 is 0 Å². The van der Waals surface area contributed by atoms with Crippen LogP contribution in [0.25, 0.3) is 0 Å². The molecule has 2 rings (SSSR count). The van der Waals surface area contributed by atoms with Crippen LogP contribution in [0.2, 0.25) is 5.02 Å². The average Bonchev–Trinajstić information content (AvgIpc) is 2.25. The molecule has 0 amide bonds. The van der Waals surface area contributed by atoms with Crippen LogP contribution in [-0.2, 0) is 0 Å². The van der Waals surface area contributed by atoms with Crippen LogP contribution in [0.4, 0.5) is 5.82 Å². The summed E-state index contributed by atoms with van der Waals surface area (Å²) in [6.07, 6.45) is 6.09. The van der Waals surface area contributed by atoms with Gasteiger partial charge in [0.25, 0.3) is 0 Å². The van der Waals surface area contributed by atoms with Gasteiger partial charge in [-0.05, 0) is 47.7 Å². The van der Waals surface area contributed by atoms with E-state index in [0.717, 1.165) is 36.0 Å². The zero-order valence-electron chi connectivity index (χ0n) is 8.92. The van der Waals surface area contributed by atoms with Gasteiger partial charge in [0.15, 0.2) is 0 Å². The second-order valence-corrected chi connectivity index (χ2v) is 5.56. The molecule has 16 heavy (non-hydrogen) atoms. The number of aromatic nitrogens is 1. The van der Waals surface area contributed by atoms with Gasteiger partial charge in [0, 0.05) is 22.8 Å². The van der Waals surface area contributed by atoms with E-state index in [9.17, 15) is 0 Å². The van der Waals surface area contributed by atoms with Crippen LogP contribution in [0.3, 0.4) is 0 Å². The van der Waals surface area contributed by atoms with E-state index in [-0.39, 0.29) is 0 Å². The van der Waals surface area contributed by atoms with E-state index in [1.165, 1.54) is 0 Å². The SMILES string of the molecule is NC1CCC(Nc2ncc(Br)cc2Cl)CC1. The van der Waals surface area contributed by atoms with Crippen molar-refractivity contribution in [3.05, 3.63) is 21.8 Å². The van der Waals surface area contributed by atoms with Crippen LogP contribution in [0.15, 0.2) is 16.7 Å². The summed E-state index contributed by atoms with van der Waals surface area (Å²) in [4.78, 5) is 4.27. The van der Waals surface area contributed by atoms with Crippen molar-refractivity contribution in [2.75, 3.05) is 5.32 Å². The third-order valence-electron chi connectivity index (χ3n) is 2.92. The molecule has 3 N–H and O–H groups in total. The lowest BCUT2D eigenvalue weighted by Crippen LogP contribution is -2.33. The average molecular weight is 305 g/mol. The molecule has 1 heterocycles. The molecule has 0 bridgehead atoms. The zero-order valence-corrected chi connectivity index (χ0v) is 11.3. The molecule has 88 valence electrons. The third-order valence-corrected chi connectivity index (χ3v) is 3.64. The van der Waals surface area contributed by atoms with Crippen molar-refractivity contribution in [2.24, 2.45) is 5.73 Å². The van der Waals surface area contributed by atoms with Gasteiger partial charge in [-0.25, -0.2) is 4.98 Å². The lowest BCUT2D eigenvalue weighted by molar-refractivity contribution is 0.410. The Hall–Kier alpha value is -0.320. The molecular formula is C11H15BrClN3. The topological polar surface area (TPSA) is 50.9 Å². The molecule has 0 unspecified atom stereocenters. The fourth-order valence-electron chi connectivity index (χ4n) is 1.98. The van der Waals surface area contributed by atoms with Crippen molar-refractivity contribution in [1.82, 2.24) is 4.98 Å². The molecule has 3 nitrogen and oxygen atoms in total. The van der Waals surface area contributed by atoms with Crippen LogP contribution >= 0.6 is 27.5 Å². The maximum Gasteiger partial charge on any atom is 0.145 e. The fraction of sp³-hybridized carbons (Fsp3) is 0.545. The molecule has 0 atom stereocenters. The number of anilines is 1. The highest BCUT2D eigenvalue weighted by Gasteiger charge is 2.19. The van der Waals surface area contributed by atoms with Crippen LogP contribution in [-0.4, -0.2) is 17.1 Å². The van der Waals surface area contributed by atoms with Gasteiger partial charge in [-0.2, -0.15) is 0 Å². The minimum atomic E-state index is 0.367. The van der Waals surface area contributed by atoms with E-state index in [4.69, 9.17) is 17.3 Å². The molecule has 1 saturated carbocycles. The highest BCUT2D eigenvalue weighted by atomic mass is 79.9. The van der Waals surface area contributed by atoms with Crippen molar-refractivity contribution >= 4 is 33.3 Å². The maximum atomic E-state index is 6.10. The molecule has 0 saturated heterocycles. The Morgan fingerprint density at radius 1 is 1.38 bits per heavy atom. The molecule has 1 aliphatic carbocycles. The van der Waals surface area contributed by atoms with Gasteiger partial charge in [0.2, 0.25) is 0 Å². The van der Waals surface area contributed by atoms with E-state index >= 15 is 0 Å². The summed E-state index contributed by atoms with van der Waals surface area (Å²) in [5.74, 6) is 0.769. The second-order valence-electron chi connectivity index (χ2n) is 4.24. The van der Waals surface area contributed by atoms with Crippen molar-refractivity contribution in [2.45, 2.75) is 37.8 Å². The van der Waals surface area contributed by atoms with Crippen molar-refractivity contribution in [3.8, 4) is 0 Å². The largest absolute Gasteiger partial charge is 0.366 e. The molecule has 0 radical (unpaired) electrons. The second kappa shape index (κ2) is 5.34. The quantitative estimate of drug-likeness (QED) is 0.882. The number of nitrogens with one attached hydrogen (secondary N) is 1. The lowest BCUT2D eigenvalue weighted by Gasteiger charge is -2.27. The van der Waals surface area contributed by atoms with Gasteiger partial charge in [-0.3, -0.25) is 0 Å². The summed E-state index contributed by atoms with van der Waals surface area (Å²) in [5, 5.41) is 4.03. The first-order valence-electron chi connectivity index (χ1n) is 5.48. The summed E-state index contributed by atoms with van der Waals surface area (Å²) < 4.78 is 0.897. The standard InChI is InChI=1S/C11H15BrClN3/c12-7-5-10(13)11(15-6-7)16-9-3-1-8(14)2-4-9/h5-6,8-9H,1-4,14H2,(H,15,16). The Kier molecular flexibility index (Phi) is 4.05. The van der Waals surface area contributed by atoms with Crippen molar-refractivity contribution in [1.29, 1.82) is 0 Å². The van der Waals surface area contributed by atoms with Crippen LogP contribution in [0, 0.1) is 0 Å². The van der Waals surface area contributed by atoms with Gasteiger partial charge < -0.3 is 11.1 Å². The summed E-state index contributed by atoms with van der Waals surface area (Å²) in [7, 11) is 0. The molecule has 1 aromatic rings. The number of nitrogens with two attached hydrogens (primary N) is 1. The van der Waals surface area contributed by atoms with E-state index in [2.05, 4.69) is 26.2 Å². The van der Waals surface area contributed by atoms with Gasteiger partial charge in [-0.15, -0.1) is 0 Å². The lowest BCUT2D eigenvalue weighted by atomic mass is 9.92. The van der Waals surface area contributed by atoms with Crippen LogP contribution in [0.1, 0.15) is 25.7 Å². The molecule has 1 aromatic heterocycles. The molecule has 1 fully saturated rings. The van der Waals surface area contributed by atoms with Gasteiger partial charge >= 0.3 is 0 Å². The minimum Gasteiger partial charge on any atom is -0.366 e. The first-order valence-corrected chi connectivity index (χ1v) is 6.65. The number of hydrogen-bond acceptors (Lipinski definition) is 3. The Morgan fingerprint density at radius 3 is 2.69 bits per heavy atom. The smallest absolute Gasteiger partial charge is 0.145 e. The highest BCUT2D eigenvalue weighted by molar-refractivity contribution is 9.10. The number of pyridine rings is 1. The van der Waals surface area contributed by atoms with E-state index in [0.29, 0.717) is 17.1 Å². The highest BCUT2D eigenvalue weighted by Crippen LogP contribution is 2.26. The monoisotopic (exact) mass is 303 g/mol. The normalized spacial score (nSPS) is 25.4. The van der Waals surface area contributed by atoms with Crippen molar-refractivity contribution < 1.29 is 0 Å². The zero-order chi connectivity index (χ0) is 11.5. The van der Waals surface area contributed by atoms with Crippen LogP contribution < -0.4 is 11.1 Å². The Labute approximate surface area is 109 Å². The molecule has 0 aromatic carbocycles. The van der Waals surface area contributed by atoms with Crippen molar-refractivity contribution in [3.63, 3.8) is 0 Å². The first kappa shape index (κ1) is 12.1. The number of rotatable bonds is 2. The molecule has 0 spiro atoms. The predicted molar refractivity (Wildman–Crippen MR) is 70.8 cm³/mol. The molecular weight excluding hydrogens is 289 g/mol. The molecule has 5 heteroatoms. The number of hydrogen-bond donors (Lipinski definition) is 2. The molecule has 0 aliphatic heterocycles. The third kappa shape index (κ3) is 3.09. The Bertz CT molecular complexity index is 364. The molecule has 1 aliphatic rings. The van der Waals surface area contributed by atoms with E-state index in [1.54, 1.807) is 6.20 Å². The number of halogens is 2. The maximum absolute atomic E-state index is 6.10. The van der Waals surface area contributed by atoms with E-state index in [1.807, 2.05) is 6.07 Å². The summed E-state index contributed by atoms with van der Waals surface area (Å²) >= 11 is 9.44. The predicted octanol–water partition coefficient (Wildman–Crippen LogP) is 3.18. The van der Waals surface area contributed by atoms with Gasteiger partial charge in [-0.1, -0.05) is 11.6 Å².